The van der Waals surface area contributed by atoms with E-state index in [1.807, 2.05) is 55.7 Å². The third-order valence-electron chi connectivity index (χ3n) is 6.49. The van der Waals surface area contributed by atoms with E-state index < -0.39 is 11.4 Å². The van der Waals surface area contributed by atoms with Gasteiger partial charge in [-0.25, -0.2) is 14.5 Å². The quantitative estimate of drug-likeness (QED) is 0.465. The zero-order valence-electron chi connectivity index (χ0n) is 20.1. The number of benzene rings is 1. The molecule has 1 amide bonds. The van der Waals surface area contributed by atoms with Crippen LogP contribution in [0.4, 0.5) is 11.5 Å². The molecule has 1 fully saturated rings. The molecular weight excluding hydrogens is 442 g/mol. The molecule has 8 nitrogen and oxygen atoms in total. The van der Waals surface area contributed by atoms with Gasteiger partial charge in [-0.3, -0.25) is 4.79 Å². The van der Waals surface area contributed by atoms with Gasteiger partial charge in [-0.15, -0.1) is 0 Å². The zero-order chi connectivity index (χ0) is 24.8. The Labute approximate surface area is 205 Å². The van der Waals surface area contributed by atoms with Gasteiger partial charge in [0, 0.05) is 32.1 Å². The number of anilines is 2. The maximum Gasteiger partial charge on any atom is 0.328 e. The topological polar surface area (TPSA) is 100 Å². The van der Waals surface area contributed by atoms with Gasteiger partial charge in [0.2, 0.25) is 5.91 Å². The minimum Gasteiger partial charge on any atom is -0.478 e. The molecule has 0 saturated heterocycles. The Hall–Kier alpha value is -3.94. The first kappa shape index (κ1) is 24.2. The molecule has 35 heavy (non-hydrogen) atoms. The van der Waals surface area contributed by atoms with Gasteiger partial charge >= 0.3 is 5.97 Å². The van der Waals surface area contributed by atoms with Gasteiger partial charge in [0.1, 0.15) is 5.82 Å². The third kappa shape index (κ3) is 5.95. The molecule has 1 aliphatic carbocycles. The summed E-state index contributed by atoms with van der Waals surface area (Å²) in [6, 6.07) is 11.2. The summed E-state index contributed by atoms with van der Waals surface area (Å²) in [5.41, 5.74) is 2.76. The number of nitrogens with one attached hydrogen (secondary N) is 1. The highest BCUT2D eigenvalue weighted by Crippen LogP contribution is 2.40. The molecule has 0 bridgehead atoms. The summed E-state index contributed by atoms with van der Waals surface area (Å²) >= 11 is 0. The van der Waals surface area contributed by atoms with Crippen LogP contribution in [0.2, 0.25) is 0 Å². The molecular formula is C27H31N5O3. The SMILES string of the molecule is CN(C)c1ccc(-n2cc(CC3(C(=O)Nc4cccc(/C=C/C(=O)O)c4)CCCCC3)cn2)cn1. The van der Waals surface area contributed by atoms with Gasteiger partial charge in [0.15, 0.2) is 0 Å². The van der Waals surface area contributed by atoms with Crippen molar-refractivity contribution >= 4 is 29.5 Å². The number of carbonyl (C=O) groups excluding carboxylic acids is 1. The molecule has 1 saturated carbocycles. The number of aromatic nitrogens is 3. The number of hydrogen-bond donors (Lipinski definition) is 2. The lowest BCUT2D eigenvalue weighted by atomic mass is 9.70. The Balaban J connectivity index is 1.52. The number of pyridine rings is 1. The summed E-state index contributed by atoms with van der Waals surface area (Å²) < 4.78 is 1.80. The lowest BCUT2D eigenvalue weighted by molar-refractivity contribution is -0.131. The summed E-state index contributed by atoms with van der Waals surface area (Å²) in [5, 5.41) is 16.5. The molecule has 2 aromatic heterocycles. The van der Waals surface area contributed by atoms with Crippen LogP contribution < -0.4 is 10.2 Å². The minimum atomic E-state index is -1.01. The number of nitrogens with zero attached hydrogens (tertiary/aromatic N) is 4. The van der Waals surface area contributed by atoms with Gasteiger partial charge in [0.05, 0.1) is 23.5 Å². The van der Waals surface area contributed by atoms with Crippen molar-refractivity contribution in [2.45, 2.75) is 38.5 Å². The maximum atomic E-state index is 13.6. The second kappa shape index (κ2) is 10.5. The second-order valence-corrected chi connectivity index (χ2v) is 9.33. The van der Waals surface area contributed by atoms with Gasteiger partial charge in [0.25, 0.3) is 0 Å². The molecule has 1 aliphatic rings. The molecule has 0 aliphatic heterocycles. The van der Waals surface area contributed by atoms with Gasteiger partial charge < -0.3 is 15.3 Å². The minimum absolute atomic E-state index is 0.00122. The van der Waals surface area contributed by atoms with Crippen LogP contribution in [0.1, 0.15) is 43.2 Å². The molecule has 0 unspecified atom stereocenters. The zero-order valence-corrected chi connectivity index (χ0v) is 20.1. The van der Waals surface area contributed by atoms with E-state index in [2.05, 4.69) is 15.4 Å². The first-order valence-electron chi connectivity index (χ1n) is 11.8. The maximum absolute atomic E-state index is 13.6. The number of rotatable bonds is 8. The molecule has 2 heterocycles. The number of carbonyl (C=O) groups is 2. The van der Waals surface area contributed by atoms with E-state index in [0.717, 1.165) is 60.8 Å². The van der Waals surface area contributed by atoms with Crippen molar-refractivity contribution in [2.75, 3.05) is 24.3 Å². The lowest BCUT2D eigenvalue weighted by Gasteiger charge is -2.35. The molecule has 0 spiro atoms. The van der Waals surface area contributed by atoms with Crippen molar-refractivity contribution in [3.63, 3.8) is 0 Å². The second-order valence-electron chi connectivity index (χ2n) is 9.33. The van der Waals surface area contributed by atoms with Gasteiger partial charge in [-0.05, 0) is 60.7 Å². The third-order valence-corrected chi connectivity index (χ3v) is 6.49. The Kier molecular flexibility index (Phi) is 7.29. The summed E-state index contributed by atoms with van der Waals surface area (Å²) in [6.45, 7) is 0. The lowest BCUT2D eigenvalue weighted by Crippen LogP contribution is -2.39. The normalized spacial score (nSPS) is 15.1. The fraction of sp³-hybridized carbons (Fsp3) is 0.333. The molecule has 2 N–H and O–H groups in total. The Morgan fingerprint density at radius 2 is 1.94 bits per heavy atom. The van der Waals surface area contributed by atoms with Crippen LogP contribution in [-0.2, 0) is 16.0 Å². The van der Waals surface area contributed by atoms with E-state index in [4.69, 9.17) is 5.11 Å². The van der Waals surface area contributed by atoms with Crippen LogP contribution in [0.25, 0.3) is 11.8 Å². The first-order valence-corrected chi connectivity index (χ1v) is 11.8. The van der Waals surface area contributed by atoms with Gasteiger partial charge in [-0.2, -0.15) is 5.10 Å². The molecule has 8 heteroatoms. The van der Waals surface area contributed by atoms with Crippen molar-refractivity contribution in [1.82, 2.24) is 14.8 Å². The van der Waals surface area contributed by atoms with Crippen LogP contribution in [0.15, 0.2) is 61.1 Å². The highest BCUT2D eigenvalue weighted by atomic mass is 16.4. The smallest absolute Gasteiger partial charge is 0.328 e. The summed E-state index contributed by atoms with van der Waals surface area (Å²) in [4.78, 5) is 30.8. The van der Waals surface area contributed by atoms with Crippen molar-refractivity contribution in [3.8, 4) is 5.69 Å². The van der Waals surface area contributed by atoms with Crippen LogP contribution in [-0.4, -0.2) is 45.8 Å². The fourth-order valence-corrected chi connectivity index (χ4v) is 4.63. The summed E-state index contributed by atoms with van der Waals surface area (Å²) in [6.07, 6.45) is 13.6. The standard InChI is InChI=1S/C27H31N5O3/c1-31(2)24-11-10-23(18-28-24)32-19-21(17-29-32)16-27(13-4-3-5-14-27)26(35)30-22-8-6-7-20(15-22)9-12-25(33)34/h6-12,15,17-19H,3-5,13-14,16H2,1-2H3,(H,30,35)(H,33,34)/b12-9+. The monoisotopic (exact) mass is 473 g/mol. The highest BCUT2D eigenvalue weighted by Gasteiger charge is 2.40. The van der Waals surface area contributed by atoms with Crippen molar-refractivity contribution in [3.05, 3.63) is 72.2 Å². The number of carboxylic acid groups (broad SMARTS) is 1. The van der Waals surface area contributed by atoms with E-state index in [1.165, 1.54) is 6.08 Å². The molecule has 1 aromatic carbocycles. The van der Waals surface area contributed by atoms with Crippen molar-refractivity contribution in [2.24, 2.45) is 5.41 Å². The Bertz CT molecular complexity index is 1210. The Morgan fingerprint density at radius 1 is 1.14 bits per heavy atom. The Morgan fingerprint density at radius 3 is 2.63 bits per heavy atom. The number of hydrogen-bond acceptors (Lipinski definition) is 5. The fourth-order valence-electron chi connectivity index (χ4n) is 4.63. The van der Waals surface area contributed by atoms with Crippen molar-refractivity contribution in [1.29, 1.82) is 0 Å². The van der Waals surface area contributed by atoms with Crippen molar-refractivity contribution < 1.29 is 14.7 Å². The van der Waals surface area contributed by atoms with Gasteiger partial charge in [-0.1, -0.05) is 31.4 Å². The summed E-state index contributed by atoms with van der Waals surface area (Å²) in [7, 11) is 3.90. The predicted molar refractivity (Wildman–Crippen MR) is 137 cm³/mol. The van der Waals surface area contributed by atoms with Crippen LogP contribution in [0, 0.1) is 5.41 Å². The van der Waals surface area contributed by atoms with E-state index in [1.54, 1.807) is 23.0 Å². The van der Waals surface area contributed by atoms with Crippen LogP contribution in [0.5, 0.6) is 0 Å². The number of amides is 1. The molecule has 0 atom stereocenters. The van der Waals surface area contributed by atoms with E-state index in [0.29, 0.717) is 12.1 Å². The largest absolute Gasteiger partial charge is 0.478 e. The molecule has 3 aromatic rings. The average molecular weight is 474 g/mol. The first-order chi connectivity index (χ1) is 16.8. The summed E-state index contributed by atoms with van der Waals surface area (Å²) in [5.74, 6) is -0.131. The number of aliphatic carboxylic acids is 1. The van der Waals surface area contributed by atoms with Crippen LogP contribution >= 0.6 is 0 Å². The molecule has 4 rings (SSSR count). The van der Waals surface area contributed by atoms with E-state index in [-0.39, 0.29) is 5.91 Å². The average Bonchev–Trinajstić information content (AvgIpc) is 3.32. The van der Waals surface area contributed by atoms with Crippen LogP contribution in [0.3, 0.4) is 0 Å². The van der Waals surface area contributed by atoms with E-state index in [9.17, 15) is 9.59 Å². The number of carboxylic acids is 1. The highest BCUT2D eigenvalue weighted by molar-refractivity contribution is 5.96. The van der Waals surface area contributed by atoms with E-state index >= 15 is 0 Å². The molecule has 182 valence electrons. The predicted octanol–water partition coefficient (Wildman–Crippen LogP) is 4.56. The molecule has 0 radical (unpaired) electrons.